The second-order valence-electron chi connectivity index (χ2n) is 5.70. The standard InChI is InChI=1S/C14H20ClF3N4S/c1-9-11(15)12(14(16,17)18)21-22(9)8-4-7-19-13(23)20-10-5-2-3-6-10/h10H,2-8H2,1H3,(H2,19,20,23). The highest BCUT2D eigenvalue weighted by atomic mass is 35.5. The van der Waals surface area contributed by atoms with Gasteiger partial charge < -0.3 is 10.6 Å². The molecule has 1 aliphatic carbocycles. The zero-order chi connectivity index (χ0) is 17.0. The SMILES string of the molecule is Cc1c(Cl)c(C(F)(F)F)nn1CCCNC(=S)NC1CCCC1. The quantitative estimate of drug-likeness (QED) is 0.615. The molecule has 23 heavy (non-hydrogen) atoms. The van der Waals surface area contributed by atoms with Crippen LogP contribution in [0.4, 0.5) is 13.2 Å². The highest BCUT2D eigenvalue weighted by Gasteiger charge is 2.38. The lowest BCUT2D eigenvalue weighted by molar-refractivity contribution is -0.141. The molecular formula is C14H20ClF3N4S. The highest BCUT2D eigenvalue weighted by molar-refractivity contribution is 7.80. The molecule has 0 amide bonds. The summed E-state index contributed by atoms with van der Waals surface area (Å²) in [6.07, 6.45) is 0.781. The molecular weight excluding hydrogens is 349 g/mol. The molecule has 1 heterocycles. The topological polar surface area (TPSA) is 41.9 Å². The summed E-state index contributed by atoms with van der Waals surface area (Å²) in [7, 11) is 0. The van der Waals surface area contributed by atoms with Gasteiger partial charge in [0, 0.05) is 19.1 Å². The predicted molar refractivity (Wildman–Crippen MR) is 87.6 cm³/mol. The average Bonchev–Trinajstić information content (AvgIpc) is 3.05. The third-order valence-electron chi connectivity index (χ3n) is 3.92. The van der Waals surface area contributed by atoms with Crippen molar-refractivity contribution in [2.45, 2.75) is 57.8 Å². The van der Waals surface area contributed by atoms with Crippen LogP contribution in [0.15, 0.2) is 0 Å². The van der Waals surface area contributed by atoms with Crippen LogP contribution in [-0.4, -0.2) is 27.5 Å². The molecule has 1 aromatic rings. The van der Waals surface area contributed by atoms with Gasteiger partial charge in [0.25, 0.3) is 0 Å². The van der Waals surface area contributed by atoms with E-state index in [2.05, 4.69) is 15.7 Å². The Labute approximate surface area is 143 Å². The lowest BCUT2D eigenvalue weighted by Gasteiger charge is -2.15. The monoisotopic (exact) mass is 368 g/mol. The first-order valence-corrected chi connectivity index (χ1v) is 8.42. The molecule has 0 aromatic carbocycles. The van der Waals surface area contributed by atoms with Crippen molar-refractivity contribution in [1.82, 2.24) is 20.4 Å². The first-order chi connectivity index (χ1) is 10.8. The Bertz CT molecular complexity index is 553. The maximum Gasteiger partial charge on any atom is 0.436 e. The minimum atomic E-state index is -4.53. The number of aromatic nitrogens is 2. The lowest BCUT2D eigenvalue weighted by Crippen LogP contribution is -2.41. The number of hydrogen-bond donors (Lipinski definition) is 2. The first-order valence-electron chi connectivity index (χ1n) is 7.63. The number of aryl methyl sites for hydroxylation is 1. The van der Waals surface area contributed by atoms with Crippen LogP contribution < -0.4 is 10.6 Å². The minimum Gasteiger partial charge on any atom is -0.363 e. The smallest absolute Gasteiger partial charge is 0.363 e. The maximum absolute atomic E-state index is 12.7. The molecule has 1 aliphatic rings. The molecule has 130 valence electrons. The number of alkyl halides is 3. The summed E-state index contributed by atoms with van der Waals surface area (Å²) in [5.41, 5.74) is -0.700. The number of nitrogens with one attached hydrogen (secondary N) is 2. The second kappa shape index (κ2) is 7.70. The molecule has 4 nitrogen and oxygen atoms in total. The van der Waals surface area contributed by atoms with Gasteiger partial charge in [-0.3, -0.25) is 4.68 Å². The molecule has 2 rings (SSSR count). The summed E-state index contributed by atoms with van der Waals surface area (Å²) in [4.78, 5) is 0. The van der Waals surface area contributed by atoms with Crippen molar-refractivity contribution >= 4 is 28.9 Å². The Hall–Kier alpha value is -1.02. The molecule has 2 N–H and O–H groups in total. The van der Waals surface area contributed by atoms with Crippen molar-refractivity contribution in [1.29, 1.82) is 0 Å². The van der Waals surface area contributed by atoms with E-state index in [1.54, 1.807) is 0 Å². The van der Waals surface area contributed by atoms with E-state index in [1.165, 1.54) is 24.4 Å². The van der Waals surface area contributed by atoms with Gasteiger partial charge >= 0.3 is 6.18 Å². The van der Waals surface area contributed by atoms with Gasteiger partial charge in [0.15, 0.2) is 10.8 Å². The average molecular weight is 369 g/mol. The van der Waals surface area contributed by atoms with Crippen molar-refractivity contribution in [2.24, 2.45) is 0 Å². The van der Waals surface area contributed by atoms with Crippen LogP contribution in [0, 0.1) is 6.92 Å². The van der Waals surface area contributed by atoms with Gasteiger partial charge in [-0.25, -0.2) is 0 Å². The summed E-state index contributed by atoms with van der Waals surface area (Å²) in [6, 6.07) is 0.441. The Kier molecular flexibility index (Phi) is 6.13. The molecule has 1 aromatic heterocycles. The van der Waals surface area contributed by atoms with Crippen LogP contribution in [0.3, 0.4) is 0 Å². The van der Waals surface area contributed by atoms with Crippen LogP contribution in [0.25, 0.3) is 0 Å². The van der Waals surface area contributed by atoms with E-state index in [1.807, 2.05) is 0 Å². The van der Waals surface area contributed by atoms with Crippen molar-refractivity contribution in [3.8, 4) is 0 Å². The van der Waals surface area contributed by atoms with Crippen LogP contribution in [0.5, 0.6) is 0 Å². The molecule has 0 radical (unpaired) electrons. The summed E-state index contributed by atoms with van der Waals surface area (Å²) in [6.45, 7) is 2.45. The third-order valence-corrected chi connectivity index (χ3v) is 4.64. The molecule has 0 bridgehead atoms. The normalized spacial score (nSPS) is 15.9. The van der Waals surface area contributed by atoms with Gasteiger partial charge in [0.2, 0.25) is 0 Å². The van der Waals surface area contributed by atoms with Gasteiger partial charge in [-0.05, 0) is 38.4 Å². The van der Waals surface area contributed by atoms with Crippen LogP contribution in [-0.2, 0) is 12.7 Å². The molecule has 0 spiro atoms. The zero-order valence-electron chi connectivity index (χ0n) is 12.8. The fourth-order valence-electron chi connectivity index (χ4n) is 2.66. The Morgan fingerprint density at radius 2 is 2.04 bits per heavy atom. The van der Waals surface area contributed by atoms with Gasteiger partial charge in [0.1, 0.15) is 0 Å². The van der Waals surface area contributed by atoms with E-state index in [-0.39, 0.29) is 5.02 Å². The summed E-state index contributed by atoms with van der Waals surface area (Å²) in [5.74, 6) is 0. The van der Waals surface area contributed by atoms with E-state index >= 15 is 0 Å². The van der Waals surface area contributed by atoms with E-state index in [0.29, 0.717) is 36.4 Å². The Morgan fingerprint density at radius 3 is 2.61 bits per heavy atom. The Balaban J connectivity index is 1.77. The molecule has 0 aliphatic heterocycles. The van der Waals surface area contributed by atoms with Gasteiger partial charge in [-0.15, -0.1) is 0 Å². The van der Waals surface area contributed by atoms with E-state index in [4.69, 9.17) is 23.8 Å². The molecule has 0 saturated heterocycles. The van der Waals surface area contributed by atoms with Crippen LogP contribution in [0.1, 0.15) is 43.5 Å². The highest BCUT2D eigenvalue weighted by Crippen LogP contribution is 2.35. The van der Waals surface area contributed by atoms with E-state index < -0.39 is 11.9 Å². The third kappa shape index (κ3) is 4.97. The zero-order valence-corrected chi connectivity index (χ0v) is 14.4. The van der Waals surface area contributed by atoms with Crippen molar-refractivity contribution in [2.75, 3.05) is 6.54 Å². The lowest BCUT2D eigenvalue weighted by atomic mass is 10.3. The van der Waals surface area contributed by atoms with Gasteiger partial charge in [-0.1, -0.05) is 24.4 Å². The largest absolute Gasteiger partial charge is 0.436 e. The molecule has 9 heteroatoms. The Morgan fingerprint density at radius 1 is 1.39 bits per heavy atom. The van der Waals surface area contributed by atoms with E-state index in [9.17, 15) is 13.2 Å². The van der Waals surface area contributed by atoms with Crippen molar-refractivity contribution in [3.63, 3.8) is 0 Å². The minimum absolute atomic E-state index is 0.325. The van der Waals surface area contributed by atoms with E-state index in [0.717, 1.165) is 12.8 Å². The summed E-state index contributed by atoms with van der Waals surface area (Å²) < 4.78 is 39.5. The molecule has 1 fully saturated rings. The molecule has 0 atom stereocenters. The second-order valence-corrected chi connectivity index (χ2v) is 6.49. The predicted octanol–water partition coefficient (Wildman–Crippen LogP) is 3.66. The summed E-state index contributed by atoms with van der Waals surface area (Å²) >= 11 is 10.9. The number of halogens is 4. The molecule has 0 unspecified atom stereocenters. The van der Waals surface area contributed by atoms with Gasteiger partial charge in [-0.2, -0.15) is 18.3 Å². The van der Waals surface area contributed by atoms with Gasteiger partial charge in [0.05, 0.1) is 10.7 Å². The number of thiocarbonyl (C=S) groups is 1. The van der Waals surface area contributed by atoms with Crippen LogP contribution >= 0.6 is 23.8 Å². The fraction of sp³-hybridized carbons (Fsp3) is 0.714. The maximum atomic E-state index is 12.7. The van der Waals surface area contributed by atoms with Crippen molar-refractivity contribution in [3.05, 3.63) is 16.4 Å². The summed E-state index contributed by atoms with van der Waals surface area (Å²) in [5, 5.41) is 10.2. The van der Waals surface area contributed by atoms with Crippen LogP contribution in [0.2, 0.25) is 5.02 Å². The number of nitrogens with zero attached hydrogens (tertiary/aromatic N) is 2. The number of hydrogen-bond acceptors (Lipinski definition) is 2. The first kappa shape index (κ1) is 18.3. The van der Waals surface area contributed by atoms with Crippen molar-refractivity contribution < 1.29 is 13.2 Å². The molecule has 1 saturated carbocycles. The fourth-order valence-corrected chi connectivity index (χ4v) is 3.17. The number of rotatable bonds is 5.